The molecule has 0 heterocycles. The summed E-state index contributed by atoms with van der Waals surface area (Å²) >= 11 is 0. The van der Waals surface area contributed by atoms with Crippen LogP contribution in [-0.2, 0) is 4.79 Å². The van der Waals surface area contributed by atoms with E-state index in [9.17, 15) is 4.79 Å². The number of ketones is 1. The van der Waals surface area contributed by atoms with Crippen molar-refractivity contribution in [2.45, 2.75) is 32.1 Å². The first kappa shape index (κ1) is 7.27. The summed E-state index contributed by atoms with van der Waals surface area (Å²) in [6.07, 6.45) is 4.22. The summed E-state index contributed by atoms with van der Waals surface area (Å²) in [5, 5.41) is 8.33. The minimum absolute atomic E-state index is 0.0683. The molecule has 1 saturated carbocycles. The van der Waals surface area contributed by atoms with Crippen molar-refractivity contribution in [1.82, 2.24) is 0 Å². The van der Waals surface area contributed by atoms with Gasteiger partial charge in [-0.3, -0.25) is 4.79 Å². The summed E-state index contributed by atoms with van der Waals surface area (Å²) in [5.74, 6) is 0.367. The number of hydrogen-bond acceptors (Lipinski definition) is 2. The Morgan fingerprint density at radius 3 is 3.00 bits per heavy atom. The van der Waals surface area contributed by atoms with E-state index in [2.05, 4.69) is 0 Å². The second-order valence-corrected chi connectivity index (χ2v) is 2.77. The predicted molar refractivity (Wildman–Crippen MR) is 37.2 cm³/mol. The van der Waals surface area contributed by atoms with Crippen molar-refractivity contribution in [3.05, 3.63) is 0 Å². The molecule has 0 aliphatic heterocycles. The van der Waals surface area contributed by atoms with Crippen LogP contribution in [0.4, 0.5) is 0 Å². The number of nitrogens with zero attached hydrogens (tertiary/aromatic N) is 1. The van der Waals surface area contributed by atoms with E-state index >= 15 is 0 Å². The highest BCUT2D eigenvalue weighted by Gasteiger charge is 2.20. The maximum atomic E-state index is 11.0. The van der Waals surface area contributed by atoms with Gasteiger partial charge in [-0.2, -0.15) is 5.26 Å². The van der Waals surface area contributed by atoms with Crippen LogP contribution in [0.1, 0.15) is 32.1 Å². The zero-order valence-electron chi connectivity index (χ0n) is 5.97. The van der Waals surface area contributed by atoms with Gasteiger partial charge in [-0.1, -0.05) is 6.42 Å². The lowest BCUT2D eigenvalue weighted by atomic mass is 9.86. The second kappa shape index (κ2) is 3.36. The van der Waals surface area contributed by atoms with Crippen LogP contribution < -0.4 is 0 Å². The fraction of sp³-hybridized carbons (Fsp3) is 0.750. The summed E-state index contributed by atoms with van der Waals surface area (Å²) in [6.45, 7) is 0. The Balaban J connectivity index is 2.42. The highest BCUT2D eigenvalue weighted by molar-refractivity contribution is 5.81. The molecule has 54 valence electrons. The molecule has 0 bridgehead atoms. The third-order valence-electron chi connectivity index (χ3n) is 2.02. The zero-order valence-corrected chi connectivity index (χ0v) is 5.97. The molecule has 2 heteroatoms. The predicted octanol–water partition coefficient (Wildman–Crippen LogP) is 1.66. The molecule has 1 atom stereocenters. The lowest BCUT2D eigenvalue weighted by molar-refractivity contribution is -0.124. The molecule has 0 aromatic rings. The topological polar surface area (TPSA) is 40.9 Å². The van der Waals surface area contributed by atoms with Crippen molar-refractivity contribution in [2.24, 2.45) is 5.92 Å². The van der Waals surface area contributed by atoms with E-state index in [1.165, 1.54) is 0 Å². The Morgan fingerprint density at radius 1 is 1.60 bits per heavy atom. The number of carbonyl (C=O) groups is 1. The van der Waals surface area contributed by atoms with E-state index in [0.717, 1.165) is 19.3 Å². The number of rotatable bonds is 1. The fourth-order valence-electron chi connectivity index (χ4n) is 1.38. The van der Waals surface area contributed by atoms with E-state index < -0.39 is 0 Å². The van der Waals surface area contributed by atoms with Gasteiger partial charge in [0.15, 0.2) is 0 Å². The monoisotopic (exact) mass is 137 g/mol. The SMILES string of the molecule is N#CC[C@@H]1CCCCC1=O. The minimum atomic E-state index is 0.0683. The molecule has 0 aromatic carbocycles. The Morgan fingerprint density at radius 2 is 2.40 bits per heavy atom. The van der Waals surface area contributed by atoms with Crippen molar-refractivity contribution in [2.75, 3.05) is 0 Å². The summed E-state index contributed by atoms with van der Waals surface area (Å²) < 4.78 is 0. The maximum absolute atomic E-state index is 11.0. The number of Topliss-reactive ketones (excluding diaryl/α,β-unsaturated/α-hetero) is 1. The summed E-state index contributed by atoms with van der Waals surface area (Å²) in [4.78, 5) is 11.0. The first-order chi connectivity index (χ1) is 4.84. The van der Waals surface area contributed by atoms with Gasteiger partial charge < -0.3 is 0 Å². The molecule has 0 radical (unpaired) electrons. The smallest absolute Gasteiger partial charge is 0.137 e. The van der Waals surface area contributed by atoms with Gasteiger partial charge in [0.1, 0.15) is 5.78 Å². The van der Waals surface area contributed by atoms with Gasteiger partial charge in [-0.05, 0) is 12.8 Å². The molecule has 2 nitrogen and oxygen atoms in total. The molecule has 0 saturated heterocycles. The van der Waals surface area contributed by atoms with E-state index in [4.69, 9.17) is 5.26 Å². The van der Waals surface area contributed by atoms with Gasteiger partial charge in [0.25, 0.3) is 0 Å². The summed E-state index contributed by atoms with van der Waals surface area (Å²) in [5.41, 5.74) is 0. The largest absolute Gasteiger partial charge is 0.299 e. The number of nitriles is 1. The molecule has 10 heavy (non-hydrogen) atoms. The van der Waals surface area contributed by atoms with Crippen LogP contribution in [0.5, 0.6) is 0 Å². The van der Waals surface area contributed by atoms with Gasteiger partial charge >= 0.3 is 0 Å². The maximum Gasteiger partial charge on any atom is 0.137 e. The van der Waals surface area contributed by atoms with Gasteiger partial charge in [0.2, 0.25) is 0 Å². The lowest BCUT2D eigenvalue weighted by Crippen LogP contribution is -2.18. The van der Waals surface area contributed by atoms with E-state index in [0.29, 0.717) is 18.6 Å². The molecular formula is C8H11NO. The van der Waals surface area contributed by atoms with Crippen LogP contribution >= 0.6 is 0 Å². The molecule has 0 spiro atoms. The van der Waals surface area contributed by atoms with E-state index in [-0.39, 0.29) is 5.92 Å². The van der Waals surface area contributed by atoms with Crippen molar-refractivity contribution >= 4 is 5.78 Å². The minimum Gasteiger partial charge on any atom is -0.299 e. The average Bonchev–Trinajstić information content (AvgIpc) is 1.94. The standard InChI is InChI=1S/C8H11NO/c9-6-5-7-3-1-2-4-8(7)10/h7H,1-5H2/t7-/m0/s1. The molecule has 0 amide bonds. The molecule has 0 unspecified atom stereocenters. The molecule has 1 aliphatic rings. The number of hydrogen-bond donors (Lipinski definition) is 0. The highest BCUT2D eigenvalue weighted by atomic mass is 16.1. The van der Waals surface area contributed by atoms with Crippen LogP contribution in [0.25, 0.3) is 0 Å². The Bertz CT molecular complexity index is 169. The van der Waals surface area contributed by atoms with Crippen LogP contribution in [0.2, 0.25) is 0 Å². The third kappa shape index (κ3) is 1.57. The normalized spacial score (nSPS) is 25.9. The van der Waals surface area contributed by atoms with Crippen molar-refractivity contribution in [3.8, 4) is 6.07 Å². The molecule has 0 N–H and O–H groups in total. The molecule has 1 fully saturated rings. The van der Waals surface area contributed by atoms with Crippen molar-refractivity contribution in [3.63, 3.8) is 0 Å². The van der Waals surface area contributed by atoms with Gasteiger partial charge in [-0.15, -0.1) is 0 Å². The van der Waals surface area contributed by atoms with Crippen LogP contribution in [0.15, 0.2) is 0 Å². The van der Waals surface area contributed by atoms with Gasteiger partial charge in [0.05, 0.1) is 6.07 Å². The highest BCUT2D eigenvalue weighted by Crippen LogP contribution is 2.22. The molecule has 0 aromatic heterocycles. The van der Waals surface area contributed by atoms with Crippen LogP contribution in [-0.4, -0.2) is 5.78 Å². The molecular weight excluding hydrogens is 126 g/mol. The Labute approximate surface area is 60.8 Å². The lowest BCUT2D eigenvalue weighted by Gasteiger charge is -2.16. The third-order valence-corrected chi connectivity index (χ3v) is 2.02. The van der Waals surface area contributed by atoms with Crippen LogP contribution in [0.3, 0.4) is 0 Å². The second-order valence-electron chi connectivity index (χ2n) is 2.77. The Hall–Kier alpha value is -0.840. The fourth-order valence-corrected chi connectivity index (χ4v) is 1.38. The van der Waals surface area contributed by atoms with Gasteiger partial charge in [-0.25, -0.2) is 0 Å². The van der Waals surface area contributed by atoms with Crippen LogP contribution in [0, 0.1) is 17.2 Å². The van der Waals surface area contributed by atoms with Gasteiger partial charge in [0, 0.05) is 18.8 Å². The van der Waals surface area contributed by atoms with Crippen molar-refractivity contribution in [1.29, 1.82) is 5.26 Å². The summed E-state index contributed by atoms with van der Waals surface area (Å²) in [7, 11) is 0. The zero-order chi connectivity index (χ0) is 7.40. The average molecular weight is 137 g/mol. The van der Waals surface area contributed by atoms with Crippen molar-refractivity contribution < 1.29 is 4.79 Å². The first-order valence-electron chi connectivity index (χ1n) is 3.74. The Kier molecular flexibility index (Phi) is 2.44. The van der Waals surface area contributed by atoms with E-state index in [1.54, 1.807) is 0 Å². The van der Waals surface area contributed by atoms with E-state index in [1.807, 2.05) is 6.07 Å². The quantitative estimate of drug-likeness (QED) is 0.551. The summed E-state index contributed by atoms with van der Waals surface area (Å²) in [6, 6.07) is 2.05. The number of carbonyl (C=O) groups excluding carboxylic acids is 1. The molecule has 1 rings (SSSR count). The first-order valence-corrected chi connectivity index (χ1v) is 3.74. The molecule has 1 aliphatic carbocycles.